The number of amides is 1. The first-order valence-corrected chi connectivity index (χ1v) is 9.72. The minimum atomic E-state index is 0.0506. The Bertz CT molecular complexity index is 698. The number of carbonyl (C=O) groups is 1. The van der Waals surface area contributed by atoms with Gasteiger partial charge in [-0.2, -0.15) is 11.8 Å². The predicted molar refractivity (Wildman–Crippen MR) is 105 cm³/mol. The summed E-state index contributed by atoms with van der Waals surface area (Å²) in [6, 6.07) is 11.7. The maximum atomic E-state index is 12.0. The van der Waals surface area contributed by atoms with Crippen LogP contribution in [0.3, 0.4) is 0 Å². The summed E-state index contributed by atoms with van der Waals surface area (Å²) in [6.07, 6.45) is 0.419. The number of thioether (sulfide) groups is 1. The molecule has 0 heterocycles. The first-order chi connectivity index (χ1) is 11.5. The van der Waals surface area contributed by atoms with Gasteiger partial charge < -0.3 is 5.32 Å². The Labute approximate surface area is 157 Å². The van der Waals surface area contributed by atoms with E-state index in [0.717, 1.165) is 22.6 Å². The lowest BCUT2D eigenvalue weighted by molar-refractivity contribution is -0.120. The fourth-order valence-corrected chi connectivity index (χ4v) is 3.86. The molecule has 0 aliphatic heterocycles. The van der Waals surface area contributed by atoms with Crippen molar-refractivity contribution in [1.82, 2.24) is 5.32 Å². The second-order valence-corrected chi connectivity index (χ2v) is 7.62. The Balaban J connectivity index is 1.70. The average Bonchev–Trinajstić information content (AvgIpc) is 2.53. The maximum Gasteiger partial charge on any atom is 0.224 e. The van der Waals surface area contributed by atoms with Crippen molar-refractivity contribution in [2.45, 2.75) is 26.0 Å². The molecule has 0 fully saturated rings. The summed E-state index contributed by atoms with van der Waals surface area (Å²) in [7, 11) is 0. The van der Waals surface area contributed by atoms with Crippen LogP contribution < -0.4 is 5.32 Å². The van der Waals surface area contributed by atoms with Gasteiger partial charge in [0.2, 0.25) is 5.91 Å². The highest BCUT2D eigenvalue weighted by Crippen LogP contribution is 2.27. The van der Waals surface area contributed by atoms with Crippen LogP contribution in [0.4, 0.5) is 0 Å². The predicted octanol–water partition coefficient (Wildman–Crippen LogP) is 5.20. The van der Waals surface area contributed by atoms with E-state index in [2.05, 4.69) is 31.3 Å². The van der Waals surface area contributed by atoms with Gasteiger partial charge in [-0.25, -0.2) is 0 Å². The zero-order valence-electron chi connectivity index (χ0n) is 13.9. The Morgan fingerprint density at radius 2 is 1.79 bits per heavy atom. The van der Waals surface area contributed by atoms with Gasteiger partial charge in [-0.1, -0.05) is 47.5 Å². The van der Waals surface area contributed by atoms with E-state index in [-0.39, 0.29) is 5.91 Å². The molecule has 0 aliphatic carbocycles. The van der Waals surface area contributed by atoms with Crippen molar-refractivity contribution in [1.29, 1.82) is 0 Å². The topological polar surface area (TPSA) is 29.1 Å². The summed E-state index contributed by atoms with van der Waals surface area (Å²) >= 11 is 14.0. The smallest absolute Gasteiger partial charge is 0.224 e. The Hall–Kier alpha value is -1.16. The molecule has 0 aromatic heterocycles. The molecule has 128 valence electrons. The van der Waals surface area contributed by atoms with Crippen LogP contribution in [0, 0.1) is 13.8 Å². The van der Waals surface area contributed by atoms with E-state index in [9.17, 15) is 4.79 Å². The van der Waals surface area contributed by atoms with E-state index < -0.39 is 0 Å². The summed E-state index contributed by atoms with van der Waals surface area (Å²) in [4.78, 5) is 12.0. The van der Waals surface area contributed by atoms with Crippen molar-refractivity contribution in [3.05, 3.63) is 68.7 Å². The zero-order valence-corrected chi connectivity index (χ0v) is 16.2. The Kier molecular flexibility index (Phi) is 7.47. The first-order valence-electron chi connectivity index (χ1n) is 7.81. The van der Waals surface area contributed by atoms with Gasteiger partial charge in [0, 0.05) is 28.1 Å². The van der Waals surface area contributed by atoms with Gasteiger partial charge in [0.1, 0.15) is 0 Å². The average molecular weight is 382 g/mol. The van der Waals surface area contributed by atoms with Crippen LogP contribution in [0.2, 0.25) is 10.0 Å². The van der Waals surface area contributed by atoms with E-state index in [1.165, 1.54) is 11.1 Å². The van der Waals surface area contributed by atoms with E-state index in [1.54, 1.807) is 11.8 Å². The molecule has 0 saturated heterocycles. The van der Waals surface area contributed by atoms with Crippen molar-refractivity contribution in [2.24, 2.45) is 0 Å². The van der Waals surface area contributed by atoms with Crippen LogP contribution in [-0.2, 0) is 17.0 Å². The third-order valence-electron chi connectivity index (χ3n) is 3.81. The molecule has 5 heteroatoms. The molecule has 1 amide bonds. The fraction of sp³-hybridized carbons (Fsp3) is 0.316. The third-order valence-corrected chi connectivity index (χ3v) is 5.51. The normalized spacial score (nSPS) is 10.7. The summed E-state index contributed by atoms with van der Waals surface area (Å²) in [6.45, 7) is 4.77. The second kappa shape index (κ2) is 9.36. The molecule has 0 aliphatic rings. The molecule has 0 saturated carbocycles. The standard InChI is InChI=1S/C19H21Cl2NOS/c1-13-6-7-15(10-14(13)2)11-19(23)22-8-9-24-12-16-17(20)4-3-5-18(16)21/h3-7,10H,8-9,11-12H2,1-2H3,(H,22,23). The van der Waals surface area contributed by atoms with Gasteiger partial charge in [0.05, 0.1) is 6.42 Å². The van der Waals surface area contributed by atoms with Crippen molar-refractivity contribution >= 4 is 40.9 Å². The third kappa shape index (κ3) is 5.73. The maximum absolute atomic E-state index is 12.0. The highest BCUT2D eigenvalue weighted by molar-refractivity contribution is 7.98. The zero-order chi connectivity index (χ0) is 17.5. The minimum Gasteiger partial charge on any atom is -0.355 e. The molecule has 1 N–H and O–H groups in total. The van der Waals surface area contributed by atoms with Crippen LogP contribution in [0.1, 0.15) is 22.3 Å². The molecule has 0 unspecified atom stereocenters. The summed E-state index contributed by atoms with van der Waals surface area (Å²) in [5.74, 6) is 1.61. The lowest BCUT2D eigenvalue weighted by Gasteiger charge is -2.08. The summed E-state index contributed by atoms with van der Waals surface area (Å²) in [5.41, 5.74) is 4.46. The molecule has 2 nitrogen and oxygen atoms in total. The van der Waals surface area contributed by atoms with Gasteiger partial charge in [-0.15, -0.1) is 0 Å². The molecule has 24 heavy (non-hydrogen) atoms. The summed E-state index contributed by atoms with van der Waals surface area (Å²) in [5, 5.41) is 4.33. The molecule has 0 spiro atoms. The molecule has 2 aromatic rings. The molecule has 0 bridgehead atoms. The largest absolute Gasteiger partial charge is 0.355 e. The Morgan fingerprint density at radius 1 is 1.08 bits per heavy atom. The quantitative estimate of drug-likeness (QED) is 0.667. The number of hydrogen-bond acceptors (Lipinski definition) is 2. The number of hydrogen-bond donors (Lipinski definition) is 1. The van der Waals surface area contributed by atoms with Crippen LogP contribution >= 0.6 is 35.0 Å². The molecular weight excluding hydrogens is 361 g/mol. The second-order valence-electron chi connectivity index (χ2n) is 5.70. The molecule has 0 radical (unpaired) electrons. The van der Waals surface area contributed by atoms with Crippen molar-refractivity contribution in [3.8, 4) is 0 Å². The van der Waals surface area contributed by atoms with Crippen molar-refractivity contribution < 1.29 is 4.79 Å². The van der Waals surface area contributed by atoms with Crippen LogP contribution in [0.25, 0.3) is 0 Å². The van der Waals surface area contributed by atoms with E-state index >= 15 is 0 Å². The van der Waals surface area contributed by atoms with E-state index in [4.69, 9.17) is 23.2 Å². The van der Waals surface area contributed by atoms with E-state index in [1.807, 2.05) is 24.3 Å². The lowest BCUT2D eigenvalue weighted by atomic mass is 10.0. The number of benzene rings is 2. The van der Waals surface area contributed by atoms with Gasteiger partial charge >= 0.3 is 0 Å². The number of nitrogens with one attached hydrogen (secondary N) is 1. The van der Waals surface area contributed by atoms with E-state index in [0.29, 0.717) is 23.0 Å². The van der Waals surface area contributed by atoms with Crippen LogP contribution in [-0.4, -0.2) is 18.2 Å². The molecule has 2 rings (SSSR count). The Morgan fingerprint density at radius 3 is 2.46 bits per heavy atom. The SMILES string of the molecule is Cc1ccc(CC(=O)NCCSCc2c(Cl)cccc2Cl)cc1C. The number of halogens is 2. The molecule has 2 aromatic carbocycles. The minimum absolute atomic E-state index is 0.0506. The van der Waals surface area contributed by atoms with Crippen LogP contribution in [0.5, 0.6) is 0 Å². The van der Waals surface area contributed by atoms with Gasteiger partial charge in [-0.05, 0) is 48.2 Å². The molecular formula is C19H21Cl2NOS. The molecule has 0 atom stereocenters. The van der Waals surface area contributed by atoms with Gasteiger partial charge in [0.15, 0.2) is 0 Å². The van der Waals surface area contributed by atoms with Crippen LogP contribution in [0.15, 0.2) is 36.4 Å². The first kappa shape index (κ1) is 19.2. The van der Waals surface area contributed by atoms with Crippen molar-refractivity contribution in [3.63, 3.8) is 0 Å². The van der Waals surface area contributed by atoms with Gasteiger partial charge in [-0.3, -0.25) is 4.79 Å². The highest BCUT2D eigenvalue weighted by Gasteiger charge is 2.06. The summed E-state index contributed by atoms with van der Waals surface area (Å²) < 4.78 is 0. The number of carbonyl (C=O) groups excluding carboxylic acids is 1. The number of rotatable bonds is 7. The fourth-order valence-electron chi connectivity index (χ4n) is 2.27. The van der Waals surface area contributed by atoms with Gasteiger partial charge in [0.25, 0.3) is 0 Å². The van der Waals surface area contributed by atoms with Crippen molar-refractivity contribution in [2.75, 3.05) is 12.3 Å². The monoisotopic (exact) mass is 381 g/mol. The number of aryl methyl sites for hydroxylation is 2. The highest BCUT2D eigenvalue weighted by atomic mass is 35.5. The lowest BCUT2D eigenvalue weighted by Crippen LogP contribution is -2.27.